The third-order valence-electron chi connectivity index (χ3n) is 5.59. The summed E-state index contributed by atoms with van der Waals surface area (Å²) in [7, 11) is 0. The van der Waals surface area contributed by atoms with Gasteiger partial charge in [-0.2, -0.15) is 0 Å². The first-order valence-electron chi connectivity index (χ1n) is 10.8. The Morgan fingerprint density at radius 2 is 1.38 bits per heavy atom. The Labute approximate surface area is 161 Å². The summed E-state index contributed by atoms with van der Waals surface area (Å²) in [5, 5.41) is 0. The molecule has 3 heteroatoms. The van der Waals surface area contributed by atoms with Gasteiger partial charge in [-0.15, -0.1) is 0 Å². The number of carbonyl (C=O) groups excluding carboxylic acids is 1. The van der Waals surface area contributed by atoms with Crippen molar-refractivity contribution in [3.8, 4) is 5.75 Å². The molecule has 0 saturated heterocycles. The first-order chi connectivity index (χ1) is 12.7. The van der Waals surface area contributed by atoms with Crippen LogP contribution in [-0.2, 0) is 4.79 Å². The van der Waals surface area contributed by atoms with Gasteiger partial charge in [-0.3, -0.25) is 4.79 Å². The van der Waals surface area contributed by atoms with Crippen molar-refractivity contribution < 1.29 is 14.0 Å². The highest BCUT2D eigenvalue weighted by atomic mass is 16.5. The molecule has 0 aliphatic rings. The minimum atomic E-state index is -0.114. The van der Waals surface area contributed by atoms with Gasteiger partial charge in [-0.1, -0.05) is 63.6 Å². The van der Waals surface area contributed by atoms with E-state index in [9.17, 15) is 4.79 Å². The van der Waals surface area contributed by atoms with Gasteiger partial charge >= 0.3 is 5.97 Å². The summed E-state index contributed by atoms with van der Waals surface area (Å²) < 4.78 is 6.47. The number of nitrogens with zero attached hydrogens (tertiary/aromatic N) is 1. The molecular formula is C23H40NO2+. The molecule has 0 radical (unpaired) electrons. The van der Waals surface area contributed by atoms with Crippen LogP contribution in [0.4, 0.5) is 0 Å². The van der Waals surface area contributed by atoms with Crippen molar-refractivity contribution in [2.45, 2.75) is 78.6 Å². The molecule has 0 spiro atoms. The molecule has 0 fully saturated rings. The molecule has 0 saturated carbocycles. The molecule has 26 heavy (non-hydrogen) atoms. The summed E-state index contributed by atoms with van der Waals surface area (Å²) >= 11 is 0. The minimum Gasteiger partial charge on any atom is -0.426 e. The first-order valence-corrected chi connectivity index (χ1v) is 10.8. The van der Waals surface area contributed by atoms with Crippen molar-refractivity contribution in [1.29, 1.82) is 0 Å². The monoisotopic (exact) mass is 362 g/mol. The SMILES string of the molecule is CCCCCCCCCC[N+](CC)(CC)CCC(=O)Oc1ccccc1. The van der Waals surface area contributed by atoms with E-state index in [1.807, 2.05) is 30.3 Å². The van der Waals surface area contributed by atoms with E-state index in [1.165, 1.54) is 57.9 Å². The molecule has 0 aromatic heterocycles. The Kier molecular flexibility index (Phi) is 12.0. The Morgan fingerprint density at radius 1 is 0.808 bits per heavy atom. The number of hydrogen-bond acceptors (Lipinski definition) is 2. The summed E-state index contributed by atoms with van der Waals surface area (Å²) in [6.07, 6.45) is 11.3. The molecule has 0 aliphatic carbocycles. The standard InChI is InChI=1S/C23H40NO2/c1-4-7-8-9-10-11-12-16-20-24(5-2,6-3)21-19-23(25)26-22-17-14-13-15-18-22/h13-15,17-18H,4-12,16,19-21H2,1-3H3/q+1. The molecule has 0 atom stereocenters. The highest BCUT2D eigenvalue weighted by molar-refractivity contribution is 5.72. The van der Waals surface area contributed by atoms with E-state index in [2.05, 4.69) is 20.8 Å². The number of unbranched alkanes of at least 4 members (excludes halogenated alkanes) is 7. The Bertz CT molecular complexity index is 468. The zero-order valence-corrected chi connectivity index (χ0v) is 17.3. The lowest BCUT2D eigenvalue weighted by atomic mass is 10.1. The van der Waals surface area contributed by atoms with E-state index < -0.39 is 0 Å². The summed E-state index contributed by atoms with van der Waals surface area (Å²) in [5.41, 5.74) is 0. The molecule has 0 bridgehead atoms. The van der Waals surface area contributed by atoms with Crippen molar-refractivity contribution >= 4 is 5.97 Å². The van der Waals surface area contributed by atoms with E-state index >= 15 is 0 Å². The normalized spacial score (nSPS) is 11.5. The number of esters is 1. The summed E-state index contributed by atoms with van der Waals surface area (Å²) in [6, 6.07) is 9.38. The molecule has 0 N–H and O–H groups in total. The molecule has 0 aliphatic heterocycles. The van der Waals surface area contributed by atoms with Crippen LogP contribution in [0.3, 0.4) is 0 Å². The third-order valence-corrected chi connectivity index (χ3v) is 5.59. The fraction of sp³-hybridized carbons (Fsp3) is 0.696. The largest absolute Gasteiger partial charge is 0.426 e. The van der Waals surface area contributed by atoms with Gasteiger partial charge in [-0.25, -0.2) is 0 Å². The minimum absolute atomic E-state index is 0.114. The summed E-state index contributed by atoms with van der Waals surface area (Å²) in [5.74, 6) is 0.531. The molecule has 0 heterocycles. The van der Waals surface area contributed by atoms with Gasteiger partial charge in [0.25, 0.3) is 0 Å². The van der Waals surface area contributed by atoms with Crippen LogP contribution in [0.2, 0.25) is 0 Å². The lowest BCUT2D eigenvalue weighted by molar-refractivity contribution is -0.924. The van der Waals surface area contributed by atoms with Gasteiger partial charge in [0.2, 0.25) is 0 Å². The zero-order valence-electron chi connectivity index (χ0n) is 17.3. The number of rotatable bonds is 15. The highest BCUT2D eigenvalue weighted by Gasteiger charge is 2.24. The predicted molar refractivity (Wildman–Crippen MR) is 110 cm³/mol. The van der Waals surface area contributed by atoms with Crippen LogP contribution in [0.1, 0.15) is 78.6 Å². The average molecular weight is 363 g/mol. The molecule has 1 rings (SSSR count). The lowest BCUT2D eigenvalue weighted by Crippen LogP contribution is -2.49. The fourth-order valence-electron chi connectivity index (χ4n) is 3.55. The van der Waals surface area contributed by atoms with Gasteiger partial charge in [0.05, 0.1) is 32.6 Å². The number of ether oxygens (including phenoxy) is 1. The van der Waals surface area contributed by atoms with E-state index in [0.29, 0.717) is 12.2 Å². The molecular weight excluding hydrogens is 322 g/mol. The molecule has 3 nitrogen and oxygen atoms in total. The molecule has 1 aromatic rings. The number of para-hydroxylation sites is 1. The molecule has 0 amide bonds. The second-order valence-corrected chi connectivity index (χ2v) is 7.43. The van der Waals surface area contributed by atoms with Crippen LogP contribution in [0.25, 0.3) is 0 Å². The Hall–Kier alpha value is -1.35. The summed E-state index contributed by atoms with van der Waals surface area (Å²) in [6.45, 7) is 11.0. The summed E-state index contributed by atoms with van der Waals surface area (Å²) in [4.78, 5) is 12.2. The first kappa shape index (κ1) is 22.7. The van der Waals surface area contributed by atoms with Crippen LogP contribution in [-0.4, -0.2) is 36.6 Å². The van der Waals surface area contributed by atoms with Gasteiger partial charge in [0.1, 0.15) is 5.75 Å². The maximum absolute atomic E-state index is 12.2. The van der Waals surface area contributed by atoms with E-state index in [0.717, 1.165) is 24.1 Å². The van der Waals surface area contributed by atoms with E-state index in [1.54, 1.807) is 0 Å². The second kappa shape index (κ2) is 13.8. The van der Waals surface area contributed by atoms with Crippen LogP contribution in [0, 0.1) is 0 Å². The molecule has 0 unspecified atom stereocenters. The van der Waals surface area contributed by atoms with Crippen LogP contribution < -0.4 is 4.74 Å². The van der Waals surface area contributed by atoms with Gasteiger partial charge in [0.15, 0.2) is 0 Å². The average Bonchev–Trinajstić information content (AvgIpc) is 2.67. The van der Waals surface area contributed by atoms with Gasteiger partial charge in [0, 0.05) is 0 Å². The maximum Gasteiger partial charge on any atom is 0.316 e. The fourth-order valence-corrected chi connectivity index (χ4v) is 3.55. The highest BCUT2D eigenvalue weighted by Crippen LogP contribution is 2.15. The smallest absolute Gasteiger partial charge is 0.316 e. The van der Waals surface area contributed by atoms with Crippen molar-refractivity contribution in [2.75, 3.05) is 26.2 Å². The quantitative estimate of drug-likeness (QED) is 0.166. The van der Waals surface area contributed by atoms with Crippen molar-refractivity contribution in [3.05, 3.63) is 30.3 Å². The number of carbonyl (C=O) groups is 1. The lowest BCUT2D eigenvalue weighted by Gasteiger charge is -2.36. The molecule has 148 valence electrons. The second-order valence-electron chi connectivity index (χ2n) is 7.43. The van der Waals surface area contributed by atoms with Crippen molar-refractivity contribution in [2.24, 2.45) is 0 Å². The Morgan fingerprint density at radius 3 is 1.96 bits per heavy atom. The number of hydrogen-bond donors (Lipinski definition) is 0. The third kappa shape index (κ3) is 9.38. The van der Waals surface area contributed by atoms with Crippen LogP contribution >= 0.6 is 0 Å². The topological polar surface area (TPSA) is 26.3 Å². The Balaban J connectivity index is 2.28. The maximum atomic E-state index is 12.2. The van der Waals surface area contributed by atoms with Gasteiger partial charge in [-0.05, 0) is 38.8 Å². The van der Waals surface area contributed by atoms with Crippen LogP contribution in [0.5, 0.6) is 5.75 Å². The predicted octanol–water partition coefficient (Wildman–Crippen LogP) is 5.98. The molecule has 1 aromatic carbocycles. The van der Waals surface area contributed by atoms with Gasteiger partial charge < -0.3 is 9.22 Å². The van der Waals surface area contributed by atoms with Crippen molar-refractivity contribution in [3.63, 3.8) is 0 Å². The van der Waals surface area contributed by atoms with E-state index in [4.69, 9.17) is 4.74 Å². The van der Waals surface area contributed by atoms with Crippen LogP contribution in [0.15, 0.2) is 30.3 Å². The van der Waals surface area contributed by atoms with E-state index in [-0.39, 0.29) is 5.97 Å². The number of quaternary nitrogens is 1. The van der Waals surface area contributed by atoms with Crippen molar-refractivity contribution in [1.82, 2.24) is 0 Å². The number of benzene rings is 1. The zero-order chi connectivity index (χ0) is 19.1.